The lowest BCUT2D eigenvalue weighted by Crippen LogP contribution is -2.29. The monoisotopic (exact) mass is 429 g/mol. The molecule has 2 atom stereocenters. The van der Waals surface area contributed by atoms with Gasteiger partial charge in [0.2, 0.25) is 0 Å². The summed E-state index contributed by atoms with van der Waals surface area (Å²) in [5.41, 5.74) is 5.19. The molecule has 1 aliphatic rings. The maximum Gasteiger partial charge on any atom is 0.257 e. The number of nitrogens with zero attached hydrogens (tertiary/aromatic N) is 3. The topological polar surface area (TPSA) is 60.0 Å². The predicted octanol–water partition coefficient (Wildman–Crippen LogP) is 4.41. The molecule has 32 heavy (non-hydrogen) atoms. The van der Waals surface area contributed by atoms with Gasteiger partial charge in [-0.25, -0.2) is 9.37 Å². The Bertz CT molecular complexity index is 1370. The molecule has 0 fully saturated rings. The first kappa shape index (κ1) is 20.4. The van der Waals surface area contributed by atoms with Crippen molar-refractivity contribution in [2.24, 2.45) is 0 Å². The summed E-state index contributed by atoms with van der Waals surface area (Å²) in [6.45, 7) is 3.85. The number of hydrogen-bond donors (Lipinski definition) is 1. The van der Waals surface area contributed by atoms with Crippen LogP contribution in [0.1, 0.15) is 52.1 Å². The third-order valence-corrected chi connectivity index (χ3v) is 6.30. The fourth-order valence-electron chi connectivity index (χ4n) is 4.71. The Labute approximate surface area is 185 Å². The summed E-state index contributed by atoms with van der Waals surface area (Å²) >= 11 is 0. The van der Waals surface area contributed by atoms with Crippen molar-refractivity contribution in [1.82, 2.24) is 14.1 Å². The van der Waals surface area contributed by atoms with E-state index in [4.69, 9.17) is 0 Å². The Kier molecular flexibility index (Phi) is 5.02. The average molecular weight is 429 g/mol. The van der Waals surface area contributed by atoms with Gasteiger partial charge in [0.05, 0.1) is 23.6 Å². The van der Waals surface area contributed by atoms with Crippen molar-refractivity contribution in [3.05, 3.63) is 117 Å². The van der Waals surface area contributed by atoms with Gasteiger partial charge in [0.1, 0.15) is 11.9 Å². The fourth-order valence-corrected chi connectivity index (χ4v) is 4.71. The van der Waals surface area contributed by atoms with E-state index in [1.54, 1.807) is 12.4 Å². The number of fused-ring (bicyclic) bond motifs is 1. The molecule has 0 aliphatic heterocycles. The van der Waals surface area contributed by atoms with Gasteiger partial charge in [0.15, 0.2) is 0 Å². The van der Waals surface area contributed by atoms with Crippen LogP contribution in [0.2, 0.25) is 0 Å². The van der Waals surface area contributed by atoms with Gasteiger partial charge in [-0.2, -0.15) is 0 Å². The zero-order valence-electron chi connectivity index (χ0n) is 18.0. The molecule has 2 heterocycles. The predicted molar refractivity (Wildman–Crippen MR) is 121 cm³/mol. The molecular formula is C26H24FN3O2. The van der Waals surface area contributed by atoms with Crippen LogP contribution in [0.5, 0.6) is 0 Å². The largest absolute Gasteiger partial charge is 0.383 e. The summed E-state index contributed by atoms with van der Waals surface area (Å²) in [5, 5.41) is 11.1. The van der Waals surface area contributed by atoms with Gasteiger partial charge in [0.25, 0.3) is 5.56 Å². The molecule has 162 valence electrons. The standard InChI is InChI=1S/C26H24FN3O2/c1-16-11-19(8-9-23(16)29-13-17(2)28-15-29)25(31)22-12-20(27)14-30(26(22)32)24-10-7-18-5-3-4-6-21(18)24/h3-6,8-9,11-15,24-25,31H,7,10H2,1-2H3. The number of pyridine rings is 1. The molecule has 1 aliphatic carbocycles. The molecule has 2 aromatic carbocycles. The molecular weight excluding hydrogens is 405 g/mol. The zero-order valence-corrected chi connectivity index (χ0v) is 18.0. The van der Waals surface area contributed by atoms with E-state index >= 15 is 0 Å². The number of aliphatic hydroxyl groups excluding tert-OH is 1. The van der Waals surface area contributed by atoms with Gasteiger partial charge in [-0.1, -0.05) is 36.4 Å². The van der Waals surface area contributed by atoms with E-state index < -0.39 is 11.9 Å². The van der Waals surface area contributed by atoms with Gasteiger partial charge in [-0.3, -0.25) is 4.79 Å². The van der Waals surface area contributed by atoms with E-state index in [0.717, 1.165) is 41.4 Å². The smallest absolute Gasteiger partial charge is 0.257 e. The van der Waals surface area contributed by atoms with E-state index in [9.17, 15) is 14.3 Å². The zero-order chi connectivity index (χ0) is 22.4. The number of hydrogen-bond acceptors (Lipinski definition) is 3. The lowest BCUT2D eigenvalue weighted by atomic mass is 9.99. The second-order valence-electron chi connectivity index (χ2n) is 8.45. The van der Waals surface area contributed by atoms with Gasteiger partial charge in [-0.05, 0) is 61.1 Å². The minimum absolute atomic E-state index is 0.0417. The van der Waals surface area contributed by atoms with Crippen LogP contribution in [0.25, 0.3) is 5.69 Å². The molecule has 0 spiro atoms. The molecule has 2 aromatic heterocycles. The Balaban J connectivity index is 1.53. The number of halogens is 1. The van der Waals surface area contributed by atoms with Crippen LogP contribution in [0, 0.1) is 19.7 Å². The number of aromatic nitrogens is 3. The van der Waals surface area contributed by atoms with E-state index in [1.165, 1.54) is 16.3 Å². The van der Waals surface area contributed by atoms with Crippen molar-refractivity contribution >= 4 is 0 Å². The average Bonchev–Trinajstić information content (AvgIpc) is 3.41. The molecule has 0 radical (unpaired) electrons. The highest BCUT2D eigenvalue weighted by atomic mass is 19.1. The SMILES string of the molecule is Cc1cn(-c2ccc(C(O)c3cc(F)cn(C4CCc5ccccc54)c3=O)cc2C)cn1. The normalized spacial score (nSPS) is 16.2. The Morgan fingerprint density at radius 2 is 1.94 bits per heavy atom. The first-order valence-corrected chi connectivity index (χ1v) is 10.7. The van der Waals surface area contributed by atoms with Gasteiger partial charge in [0, 0.05) is 18.1 Å². The van der Waals surface area contributed by atoms with E-state index in [1.807, 2.05) is 61.0 Å². The highest BCUT2D eigenvalue weighted by Gasteiger charge is 2.27. The van der Waals surface area contributed by atoms with Crippen molar-refractivity contribution in [1.29, 1.82) is 0 Å². The van der Waals surface area contributed by atoms with Crippen molar-refractivity contribution in [3.63, 3.8) is 0 Å². The van der Waals surface area contributed by atoms with Gasteiger partial charge >= 0.3 is 0 Å². The highest BCUT2D eigenvalue weighted by molar-refractivity contribution is 5.45. The summed E-state index contributed by atoms with van der Waals surface area (Å²) in [4.78, 5) is 17.6. The Morgan fingerprint density at radius 3 is 2.69 bits per heavy atom. The van der Waals surface area contributed by atoms with E-state index in [-0.39, 0.29) is 17.2 Å². The minimum atomic E-state index is -1.22. The molecule has 0 amide bonds. The minimum Gasteiger partial charge on any atom is -0.383 e. The van der Waals surface area contributed by atoms with E-state index in [2.05, 4.69) is 4.98 Å². The van der Waals surface area contributed by atoms with E-state index in [0.29, 0.717) is 5.56 Å². The summed E-state index contributed by atoms with van der Waals surface area (Å²) in [6.07, 6.45) is 5.26. The lowest BCUT2D eigenvalue weighted by molar-refractivity contribution is 0.216. The lowest BCUT2D eigenvalue weighted by Gasteiger charge is -2.19. The van der Waals surface area contributed by atoms with Crippen LogP contribution < -0.4 is 5.56 Å². The number of rotatable bonds is 4. The van der Waals surface area contributed by atoms with Crippen molar-refractivity contribution in [3.8, 4) is 5.69 Å². The molecule has 5 nitrogen and oxygen atoms in total. The van der Waals surface area contributed by atoms with Gasteiger partial charge < -0.3 is 14.2 Å². The van der Waals surface area contributed by atoms with Crippen molar-refractivity contribution in [2.75, 3.05) is 0 Å². The molecule has 2 unspecified atom stereocenters. The third kappa shape index (κ3) is 3.46. The molecule has 1 N–H and O–H groups in total. The third-order valence-electron chi connectivity index (χ3n) is 6.30. The summed E-state index contributed by atoms with van der Waals surface area (Å²) in [7, 11) is 0. The molecule has 0 saturated heterocycles. The highest BCUT2D eigenvalue weighted by Crippen LogP contribution is 2.34. The Hall–Kier alpha value is -3.51. The second kappa shape index (κ2) is 7.88. The van der Waals surface area contributed by atoms with Crippen LogP contribution in [-0.4, -0.2) is 19.2 Å². The molecule has 0 saturated carbocycles. The Morgan fingerprint density at radius 1 is 1.12 bits per heavy atom. The first-order chi connectivity index (χ1) is 15.4. The molecule has 5 rings (SSSR count). The molecule has 4 aromatic rings. The quantitative estimate of drug-likeness (QED) is 0.523. The summed E-state index contributed by atoms with van der Waals surface area (Å²) < 4.78 is 17.9. The van der Waals surface area contributed by atoms with Crippen molar-refractivity contribution < 1.29 is 9.50 Å². The maximum atomic E-state index is 14.6. The number of aliphatic hydroxyl groups is 1. The maximum absolute atomic E-state index is 14.6. The van der Waals surface area contributed by atoms with Crippen LogP contribution in [0.15, 0.2) is 72.0 Å². The van der Waals surface area contributed by atoms with Crippen LogP contribution in [0.4, 0.5) is 4.39 Å². The molecule has 6 heteroatoms. The first-order valence-electron chi connectivity index (χ1n) is 10.7. The van der Waals surface area contributed by atoms with Crippen molar-refractivity contribution in [2.45, 2.75) is 38.8 Å². The second-order valence-corrected chi connectivity index (χ2v) is 8.45. The molecule has 0 bridgehead atoms. The number of aryl methyl sites for hydroxylation is 3. The number of benzene rings is 2. The van der Waals surface area contributed by atoms with Crippen LogP contribution >= 0.6 is 0 Å². The fraction of sp³-hybridized carbons (Fsp3) is 0.231. The summed E-state index contributed by atoms with van der Waals surface area (Å²) in [6, 6.07) is 14.3. The number of imidazole rings is 1. The van der Waals surface area contributed by atoms with Crippen LogP contribution in [0.3, 0.4) is 0 Å². The van der Waals surface area contributed by atoms with Gasteiger partial charge in [-0.15, -0.1) is 0 Å². The van der Waals surface area contributed by atoms with Crippen LogP contribution in [-0.2, 0) is 6.42 Å². The summed E-state index contributed by atoms with van der Waals surface area (Å²) in [5.74, 6) is -0.537.